The van der Waals surface area contributed by atoms with Crippen molar-refractivity contribution >= 4 is 16.9 Å². The lowest BCUT2D eigenvalue weighted by molar-refractivity contribution is 0.495. The molecule has 0 amide bonds. The number of aromatic amines is 1. The maximum absolute atomic E-state index is 4.38. The van der Waals surface area contributed by atoms with Crippen LogP contribution in [0.3, 0.4) is 0 Å². The molecule has 1 aliphatic heterocycles. The van der Waals surface area contributed by atoms with Crippen LogP contribution in [0.25, 0.3) is 11.0 Å². The summed E-state index contributed by atoms with van der Waals surface area (Å²) in [5.41, 5.74) is 2.30. The number of hydrogen-bond donors (Lipinski definition) is 1. The molecule has 1 N–H and O–H groups in total. The van der Waals surface area contributed by atoms with Gasteiger partial charge in [-0.15, -0.1) is 0 Å². The third-order valence-corrected chi connectivity index (χ3v) is 4.22. The number of rotatable bonds is 2. The Labute approximate surface area is 123 Å². The number of aromatic nitrogens is 4. The summed E-state index contributed by atoms with van der Waals surface area (Å²) in [6.07, 6.45) is 9.40. The molecule has 0 aliphatic carbocycles. The van der Waals surface area contributed by atoms with E-state index in [1.54, 1.807) is 12.4 Å². The number of nitrogens with zero attached hydrogens (tertiary/aromatic N) is 4. The third-order valence-electron chi connectivity index (χ3n) is 4.22. The Morgan fingerprint density at radius 3 is 2.76 bits per heavy atom. The molecule has 0 atom stereocenters. The molecule has 0 aromatic carbocycles. The summed E-state index contributed by atoms with van der Waals surface area (Å²) in [7, 11) is 0. The van der Waals surface area contributed by atoms with Gasteiger partial charge in [-0.05, 0) is 31.0 Å². The van der Waals surface area contributed by atoms with Crippen LogP contribution >= 0.6 is 0 Å². The number of piperidine rings is 1. The number of hydrogen-bond acceptors (Lipinski definition) is 4. The van der Waals surface area contributed by atoms with Crippen molar-refractivity contribution in [1.82, 2.24) is 19.9 Å². The van der Waals surface area contributed by atoms with Crippen LogP contribution in [-0.2, 0) is 0 Å². The van der Waals surface area contributed by atoms with Crippen molar-refractivity contribution < 1.29 is 0 Å². The van der Waals surface area contributed by atoms with Crippen LogP contribution in [0.2, 0.25) is 0 Å². The molecule has 3 aromatic heterocycles. The number of anilines is 1. The maximum atomic E-state index is 4.38. The zero-order valence-corrected chi connectivity index (χ0v) is 11.7. The lowest BCUT2D eigenvalue weighted by Crippen LogP contribution is -2.33. The average molecular weight is 279 g/mol. The molecular formula is C16H17N5. The second-order valence-electron chi connectivity index (χ2n) is 5.49. The molecule has 0 unspecified atom stereocenters. The highest BCUT2D eigenvalue weighted by Crippen LogP contribution is 2.30. The van der Waals surface area contributed by atoms with Crippen molar-refractivity contribution in [3.05, 3.63) is 48.7 Å². The summed E-state index contributed by atoms with van der Waals surface area (Å²) in [5.74, 6) is 1.56. The zero-order valence-electron chi connectivity index (χ0n) is 11.7. The van der Waals surface area contributed by atoms with Crippen molar-refractivity contribution in [1.29, 1.82) is 0 Å². The fraction of sp³-hybridized carbons (Fsp3) is 0.312. The van der Waals surface area contributed by atoms with Crippen LogP contribution in [0.5, 0.6) is 0 Å². The summed E-state index contributed by atoms with van der Waals surface area (Å²) in [6, 6.07) is 6.33. The molecule has 4 rings (SSSR count). The monoisotopic (exact) mass is 279 g/mol. The molecule has 0 saturated carbocycles. The van der Waals surface area contributed by atoms with E-state index in [1.807, 2.05) is 18.5 Å². The summed E-state index contributed by atoms with van der Waals surface area (Å²) < 4.78 is 0. The van der Waals surface area contributed by atoms with E-state index in [4.69, 9.17) is 0 Å². The molecular weight excluding hydrogens is 262 g/mol. The lowest BCUT2D eigenvalue weighted by atomic mass is 9.93. The van der Waals surface area contributed by atoms with Crippen molar-refractivity contribution in [3.63, 3.8) is 0 Å². The topological polar surface area (TPSA) is 57.7 Å². The number of pyridine rings is 1. The van der Waals surface area contributed by atoms with Gasteiger partial charge in [0.25, 0.3) is 0 Å². The Kier molecular flexibility index (Phi) is 3.03. The summed E-state index contributed by atoms with van der Waals surface area (Å²) in [5, 5.41) is 1.20. The molecule has 0 bridgehead atoms. The third kappa shape index (κ3) is 2.35. The van der Waals surface area contributed by atoms with E-state index >= 15 is 0 Å². The van der Waals surface area contributed by atoms with Gasteiger partial charge in [0.1, 0.15) is 11.5 Å². The SMILES string of the molecule is c1cnc2[nH]c(C3CCN(c4cnccn4)CC3)cc2c1. The predicted molar refractivity (Wildman–Crippen MR) is 82.3 cm³/mol. The van der Waals surface area contributed by atoms with Crippen LogP contribution in [0.1, 0.15) is 24.5 Å². The highest BCUT2D eigenvalue weighted by Gasteiger charge is 2.22. The minimum Gasteiger partial charge on any atom is -0.355 e. The first-order chi connectivity index (χ1) is 10.4. The average Bonchev–Trinajstić information content (AvgIpc) is 3.00. The molecule has 0 spiro atoms. The molecule has 1 saturated heterocycles. The van der Waals surface area contributed by atoms with Crippen LogP contribution in [-0.4, -0.2) is 33.0 Å². The van der Waals surface area contributed by atoms with Crippen LogP contribution < -0.4 is 4.90 Å². The number of nitrogens with one attached hydrogen (secondary N) is 1. The molecule has 0 radical (unpaired) electrons. The standard InChI is InChI=1S/C16H17N5/c1-2-13-10-14(20-16(13)19-5-1)12-3-8-21(9-4-12)15-11-17-6-7-18-15/h1-2,5-7,10-12H,3-4,8-9H2,(H,19,20). The van der Waals surface area contributed by atoms with Crippen molar-refractivity contribution in [2.45, 2.75) is 18.8 Å². The predicted octanol–water partition coefficient (Wildman–Crippen LogP) is 2.74. The second kappa shape index (κ2) is 5.16. The lowest BCUT2D eigenvalue weighted by Gasteiger charge is -2.32. The quantitative estimate of drug-likeness (QED) is 0.783. The van der Waals surface area contributed by atoms with Gasteiger partial charge in [0.2, 0.25) is 0 Å². The van der Waals surface area contributed by atoms with Crippen molar-refractivity contribution in [2.24, 2.45) is 0 Å². The molecule has 5 heteroatoms. The first kappa shape index (κ1) is 12.3. The van der Waals surface area contributed by atoms with Gasteiger partial charge >= 0.3 is 0 Å². The highest BCUT2D eigenvalue weighted by molar-refractivity contribution is 5.76. The van der Waals surface area contributed by atoms with E-state index < -0.39 is 0 Å². The van der Waals surface area contributed by atoms with E-state index in [-0.39, 0.29) is 0 Å². The normalized spacial score (nSPS) is 16.5. The van der Waals surface area contributed by atoms with Gasteiger partial charge < -0.3 is 9.88 Å². The molecule has 5 nitrogen and oxygen atoms in total. The van der Waals surface area contributed by atoms with E-state index in [9.17, 15) is 0 Å². The van der Waals surface area contributed by atoms with E-state index in [0.29, 0.717) is 5.92 Å². The van der Waals surface area contributed by atoms with Gasteiger partial charge in [-0.2, -0.15) is 0 Å². The summed E-state index contributed by atoms with van der Waals surface area (Å²) in [6.45, 7) is 2.04. The molecule has 106 valence electrons. The van der Waals surface area contributed by atoms with Crippen molar-refractivity contribution in [2.75, 3.05) is 18.0 Å². The largest absolute Gasteiger partial charge is 0.355 e. The maximum Gasteiger partial charge on any atom is 0.147 e. The summed E-state index contributed by atoms with van der Waals surface area (Å²) >= 11 is 0. The van der Waals surface area contributed by atoms with Crippen LogP contribution in [0, 0.1) is 0 Å². The molecule has 1 fully saturated rings. The van der Waals surface area contributed by atoms with Crippen LogP contribution in [0.4, 0.5) is 5.82 Å². The van der Waals surface area contributed by atoms with Gasteiger partial charge in [0, 0.05) is 48.7 Å². The molecule has 3 aromatic rings. The first-order valence-corrected chi connectivity index (χ1v) is 7.35. The smallest absolute Gasteiger partial charge is 0.147 e. The van der Waals surface area contributed by atoms with Gasteiger partial charge in [-0.3, -0.25) is 4.98 Å². The first-order valence-electron chi connectivity index (χ1n) is 7.35. The zero-order chi connectivity index (χ0) is 14.1. The Hall–Kier alpha value is -2.43. The van der Waals surface area contributed by atoms with Gasteiger partial charge in [0.15, 0.2) is 0 Å². The molecule has 21 heavy (non-hydrogen) atoms. The molecule has 1 aliphatic rings. The Morgan fingerprint density at radius 2 is 2.00 bits per heavy atom. The minimum atomic E-state index is 0.576. The van der Waals surface area contributed by atoms with E-state index in [1.165, 1.54) is 11.1 Å². The summed E-state index contributed by atoms with van der Waals surface area (Å²) in [4.78, 5) is 18.7. The van der Waals surface area contributed by atoms with E-state index in [0.717, 1.165) is 37.4 Å². The van der Waals surface area contributed by atoms with Crippen molar-refractivity contribution in [3.8, 4) is 0 Å². The highest BCUT2D eigenvalue weighted by atomic mass is 15.2. The van der Waals surface area contributed by atoms with Gasteiger partial charge in [-0.1, -0.05) is 0 Å². The van der Waals surface area contributed by atoms with Gasteiger partial charge in [-0.25, -0.2) is 9.97 Å². The van der Waals surface area contributed by atoms with Gasteiger partial charge in [0.05, 0.1) is 6.20 Å². The fourth-order valence-corrected chi connectivity index (χ4v) is 3.07. The Morgan fingerprint density at radius 1 is 1.10 bits per heavy atom. The number of H-pyrrole nitrogens is 1. The second-order valence-corrected chi connectivity index (χ2v) is 5.49. The Balaban J connectivity index is 1.50. The molecule has 4 heterocycles. The number of fused-ring (bicyclic) bond motifs is 1. The Bertz CT molecular complexity index is 696. The minimum absolute atomic E-state index is 0.576. The van der Waals surface area contributed by atoms with E-state index in [2.05, 4.69) is 37.0 Å². The fourth-order valence-electron chi connectivity index (χ4n) is 3.07. The van der Waals surface area contributed by atoms with Crippen LogP contribution in [0.15, 0.2) is 43.0 Å².